The van der Waals surface area contributed by atoms with Gasteiger partial charge in [0.15, 0.2) is 0 Å². The number of aromatic nitrogens is 1. The van der Waals surface area contributed by atoms with Crippen molar-refractivity contribution in [2.24, 2.45) is 0 Å². The number of hydrogen-bond donors (Lipinski definition) is 0. The van der Waals surface area contributed by atoms with Crippen LogP contribution in [0.15, 0.2) is 47.8 Å². The molecule has 1 aliphatic rings. The molecule has 0 saturated heterocycles. The van der Waals surface area contributed by atoms with Crippen LogP contribution in [0.2, 0.25) is 0 Å². The highest BCUT2D eigenvalue weighted by Crippen LogP contribution is 2.37. The lowest BCUT2D eigenvalue weighted by atomic mass is 9.98. The Labute approximate surface area is 204 Å². The number of fused-ring (bicyclic) bond motifs is 1. The van der Waals surface area contributed by atoms with E-state index >= 15 is 0 Å². The van der Waals surface area contributed by atoms with Gasteiger partial charge in [0.25, 0.3) is 0 Å². The van der Waals surface area contributed by atoms with Gasteiger partial charge >= 0.3 is 5.97 Å². The average molecular weight is 482 g/mol. The Balaban J connectivity index is 1.19. The van der Waals surface area contributed by atoms with Crippen molar-refractivity contribution in [1.82, 2.24) is 4.98 Å². The van der Waals surface area contributed by atoms with Gasteiger partial charge in [0, 0.05) is 12.0 Å². The molecule has 0 bridgehead atoms. The van der Waals surface area contributed by atoms with Crippen LogP contribution in [0.1, 0.15) is 50.2 Å². The number of nitrogens with zero attached hydrogens (tertiary/aromatic N) is 1. The molecule has 1 heterocycles. The van der Waals surface area contributed by atoms with Gasteiger partial charge in [-0.1, -0.05) is 6.07 Å². The monoisotopic (exact) mass is 481 g/mol. The number of aryl methyl sites for hydroxylation is 1. The van der Waals surface area contributed by atoms with Crippen LogP contribution >= 0.6 is 11.3 Å². The van der Waals surface area contributed by atoms with Crippen LogP contribution in [0.5, 0.6) is 17.4 Å². The Bertz CT molecular complexity index is 1080. The summed E-state index contributed by atoms with van der Waals surface area (Å²) in [6.45, 7) is 6.01. The van der Waals surface area contributed by atoms with Gasteiger partial charge < -0.3 is 18.9 Å². The molecule has 0 amide bonds. The Morgan fingerprint density at radius 2 is 1.76 bits per heavy atom. The number of esters is 1. The highest BCUT2D eigenvalue weighted by Gasteiger charge is 2.25. The lowest BCUT2D eigenvalue weighted by Gasteiger charge is -2.12. The number of thiazole rings is 1. The van der Waals surface area contributed by atoms with Crippen molar-refractivity contribution in [1.29, 1.82) is 0 Å². The number of hydrogen-bond acceptors (Lipinski definition) is 7. The van der Waals surface area contributed by atoms with Crippen molar-refractivity contribution >= 4 is 17.3 Å². The van der Waals surface area contributed by atoms with Gasteiger partial charge in [-0.15, -0.1) is 11.3 Å². The Morgan fingerprint density at radius 3 is 2.53 bits per heavy atom. The molecular weight excluding hydrogens is 450 g/mol. The Hall–Kier alpha value is -3.06. The van der Waals surface area contributed by atoms with Gasteiger partial charge in [0.05, 0.1) is 38.2 Å². The molecule has 0 spiro atoms. The summed E-state index contributed by atoms with van der Waals surface area (Å²) in [7, 11) is 0. The standard InChI is InChI=1S/C27H31NO5S/c1-3-30-25-18-34-27(28-25)19-8-10-22(11-9-19)32-14-5-15-33-23-12-13-24-20(16-23)6-7-21(24)17-26(29)31-4-2/h8-13,16,18,21H,3-7,14-15,17H2,1-2H3/t21-/m0/s1. The van der Waals surface area contributed by atoms with E-state index in [1.54, 1.807) is 11.3 Å². The second-order valence-corrected chi connectivity index (χ2v) is 8.96. The largest absolute Gasteiger partial charge is 0.493 e. The lowest BCUT2D eigenvalue weighted by Crippen LogP contribution is -2.08. The first kappa shape index (κ1) is 24.1. The van der Waals surface area contributed by atoms with Gasteiger partial charge in [-0.2, -0.15) is 0 Å². The third-order valence-electron chi connectivity index (χ3n) is 5.74. The topological polar surface area (TPSA) is 66.9 Å². The van der Waals surface area contributed by atoms with Crippen LogP contribution in [-0.4, -0.2) is 37.4 Å². The first-order valence-electron chi connectivity index (χ1n) is 11.9. The molecule has 1 aliphatic carbocycles. The number of ether oxygens (including phenoxy) is 4. The van der Waals surface area contributed by atoms with E-state index in [2.05, 4.69) is 17.1 Å². The molecule has 1 aromatic heterocycles. The smallest absolute Gasteiger partial charge is 0.306 e. The summed E-state index contributed by atoms with van der Waals surface area (Å²) >= 11 is 1.57. The van der Waals surface area contributed by atoms with E-state index < -0.39 is 0 Å². The van der Waals surface area contributed by atoms with Gasteiger partial charge in [-0.3, -0.25) is 4.79 Å². The van der Waals surface area contributed by atoms with Crippen molar-refractivity contribution < 1.29 is 23.7 Å². The molecule has 0 N–H and O–H groups in total. The van der Waals surface area contributed by atoms with Gasteiger partial charge in [-0.25, -0.2) is 4.98 Å². The molecule has 7 heteroatoms. The van der Waals surface area contributed by atoms with Crippen LogP contribution < -0.4 is 14.2 Å². The normalized spacial score (nSPS) is 14.5. The molecule has 2 aromatic carbocycles. The minimum atomic E-state index is -0.116. The molecule has 0 fully saturated rings. The quantitative estimate of drug-likeness (QED) is 0.232. The second-order valence-electron chi connectivity index (χ2n) is 8.10. The van der Waals surface area contributed by atoms with Crippen LogP contribution in [0, 0.1) is 0 Å². The number of carbonyl (C=O) groups excluding carboxylic acids is 1. The van der Waals surface area contributed by atoms with E-state index in [4.69, 9.17) is 18.9 Å². The molecule has 3 aromatic rings. The minimum Gasteiger partial charge on any atom is -0.493 e. The second kappa shape index (κ2) is 11.9. The summed E-state index contributed by atoms with van der Waals surface area (Å²) in [6, 6.07) is 14.2. The maximum Gasteiger partial charge on any atom is 0.306 e. The summed E-state index contributed by atoms with van der Waals surface area (Å²) in [5.41, 5.74) is 3.57. The third-order valence-corrected chi connectivity index (χ3v) is 6.61. The Morgan fingerprint density at radius 1 is 1.00 bits per heavy atom. The molecule has 0 radical (unpaired) electrons. The summed E-state index contributed by atoms with van der Waals surface area (Å²) in [4.78, 5) is 16.3. The minimum absolute atomic E-state index is 0.116. The molecule has 0 unspecified atom stereocenters. The molecule has 6 nitrogen and oxygen atoms in total. The predicted molar refractivity (Wildman–Crippen MR) is 133 cm³/mol. The van der Waals surface area contributed by atoms with Crippen molar-refractivity contribution in [3.63, 3.8) is 0 Å². The number of benzene rings is 2. The van der Waals surface area contributed by atoms with E-state index in [0.29, 0.717) is 38.7 Å². The highest BCUT2D eigenvalue weighted by molar-refractivity contribution is 7.13. The van der Waals surface area contributed by atoms with Gasteiger partial charge in [0.1, 0.15) is 16.5 Å². The van der Waals surface area contributed by atoms with Crippen LogP contribution in [0.3, 0.4) is 0 Å². The van der Waals surface area contributed by atoms with E-state index in [1.165, 1.54) is 11.1 Å². The van der Waals surface area contributed by atoms with Crippen LogP contribution in [0.4, 0.5) is 0 Å². The highest BCUT2D eigenvalue weighted by atomic mass is 32.1. The van der Waals surface area contributed by atoms with Gasteiger partial charge in [0.2, 0.25) is 5.88 Å². The molecule has 1 atom stereocenters. The maximum absolute atomic E-state index is 11.8. The third kappa shape index (κ3) is 6.29. The number of rotatable bonds is 12. The molecule has 180 valence electrons. The fourth-order valence-corrected chi connectivity index (χ4v) is 4.89. The van der Waals surface area contributed by atoms with E-state index in [9.17, 15) is 4.79 Å². The van der Waals surface area contributed by atoms with E-state index in [0.717, 1.165) is 41.3 Å². The summed E-state index contributed by atoms with van der Waals surface area (Å²) in [5.74, 6) is 2.51. The molecule has 0 aliphatic heterocycles. The van der Waals surface area contributed by atoms with Crippen LogP contribution in [-0.2, 0) is 16.0 Å². The van der Waals surface area contributed by atoms with E-state index in [-0.39, 0.29) is 11.9 Å². The summed E-state index contributed by atoms with van der Waals surface area (Å²) in [6.07, 6.45) is 3.20. The fraction of sp³-hybridized carbons (Fsp3) is 0.407. The SMILES string of the molecule is CCOC(=O)C[C@@H]1CCc2cc(OCCCOc3ccc(-c4nc(OCC)cs4)cc3)ccc21. The first-order chi connectivity index (χ1) is 16.7. The van der Waals surface area contributed by atoms with Crippen molar-refractivity contribution in [2.45, 2.75) is 45.4 Å². The van der Waals surface area contributed by atoms with Crippen molar-refractivity contribution in [3.8, 4) is 28.0 Å². The van der Waals surface area contributed by atoms with Crippen LogP contribution in [0.25, 0.3) is 10.6 Å². The molecule has 34 heavy (non-hydrogen) atoms. The molecule has 0 saturated carbocycles. The summed E-state index contributed by atoms with van der Waals surface area (Å²) in [5, 5.41) is 2.86. The molecule has 4 rings (SSSR count). The molecular formula is C27H31NO5S. The van der Waals surface area contributed by atoms with Crippen molar-refractivity contribution in [3.05, 3.63) is 59.0 Å². The summed E-state index contributed by atoms with van der Waals surface area (Å²) < 4.78 is 22.3. The van der Waals surface area contributed by atoms with Crippen molar-refractivity contribution in [2.75, 3.05) is 26.4 Å². The average Bonchev–Trinajstić information content (AvgIpc) is 3.47. The lowest BCUT2D eigenvalue weighted by molar-refractivity contribution is -0.143. The Kier molecular flexibility index (Phi) is 8.41. The predicted octanol–water partition coefficient (Wildman–Crippen LogP) is 6.04. The zero-order valence-electron chi connectivity index (χ0n) is 19.7. The fourth-order valence-electron chi connectivity index (χ4n) is 4.14. The number of carbonyl (C=O) groups is 1. The zero-order valence-corrected chi connectivity index (χ0v) is 20.6. The zero-order chi connectivity index (χ0) is 23.8. The first-order valence-corrected chi connectivity index (χ1v) is 12.8. The van der Waals surface area contributed by atoms with E-state index in [1.807, 2.05) is 49.6 Å². The van der Waals surface area contributed by atoms with Gasteiger partial charge in [-0.05, 0) is 80.1 Å². The maximum atomic E-state index is 11.8.